The molecular weight excluding hydrogens is 378 g/mol. The molecule has 3 rings (SSSR count). The maximum atomic E-state index is 12.0. The Labute approximate surface area is 168 Å². The van der Waals surface area contributed by atoms with E-state index in [-0.39, 0.29) is 6.03 Å². The van der Waals surface area contributed by atoms with Crippen molar-refractivity contribution < 1.29 is 4.79 Å². The van der Waals surface area contributed by atoms with Crippen LogP contribution in [0.1, 0.15) is 17.2 Å². The number of aryl methyl sites for hydroxylation is 3. The summed E-state index contributed by atoms with van der Waals surface area (Å²) in [7, 11) is 0. The summed E-state index contributed by atoms with van der Waals surface area (Å²) >= 11 is 6.03. The minimum Gasteiger partial charge on any atom is -0.368 e. The Balaban J connectivity index is 1.54. The number of carbonyl (C=O) groups is 1. The number of anilines is 2. The predicted octanol–water partition coefficient (Wildman–Crippen LogP) is 3.47. The topological polar surface area (TPSA) is 96.8 Å². The van der Waals surface area contributed by atoms with Gasteiger partial charge >= 0.3 is 6.03 Å². The van der Waals surface area contributed by atoms with Gasteiger partial charge in [-0.25, -0.2) is 19.4 Å². The smallest absolute Gasteiger partial charge is 0.319 e. The molecule has 0 aliphatic carbocycles. The summed E-state index contributed by atoms with van der Waals surface area (Å²) in [4.78, 5) is 20.8. The number of hydrogen-bond acceptors (Lipinski definition) is 5. The van der Waals surface area contributed by atoms with Gasteiger partial charge in [0, 0.05) is 24.8 Å². The molecule has 2 amide bonds. The van der Waals surface area contributed by atoms with Gasteiger partial charge < -0.3 is 16.0 Å². The molecule has 146 valence electrons. The molecule has 0 fully saturated rings. The van der Waals surface area contributed by atoms with Crippen LogP contribution in [0, 0.1) is 20.8 Å². The van der Waals surface area contributed by atoms with Crippen molar-refractivity contribution in [3.63, 3.8) is 0 Å². The quantitative estimate of drug-likeness (QED) is 0.551. The molecule has 0 aliphatic rings. The highest BCUT2D eigenvalue weighted by Crippen LogP contribution is 2.20. The van der Waals surface area contributed by atoms with Gasteiger partial charge in [-0.2, -0.15) is 5.10 Å². The Morgan fingerprint density at radius 3 is 2.61 bits per heavy atom. The normalized spacial score (nSPS) is 10.6. The number of rotatable bonds is 6. The van der Waals surface area contributed by atoms with Gasteiger partial charge in [-0.05, 0) is 39.0 Å². The molecule has 0 unspecified atom stereocenters. The lowest BCUT2D eigenvalue weighted by Crippen LogP contribution is -2.32. The van der Waals surface area contributed by atoms with Crippen LogP contribution in [0.4, 0.5) is 16.3 Å². The third-order valence-electron chi connectivity index (χ3n) is 3.89. The van der Waals surface area contributed by atoms with E-state index in [4.69, 9.17) is 11.6 Å². The van der Waals surface area contributed by atoms with E-state index in [1.165, 1.54) is 0 Å². The second-order valence-corrected chi connectivity index (χ2v) is 6.69. The lowest BCUT2D eigenvalue weighted by molar-refractivity contribution is 0.252. The monoisotopic (exact) mass is 399 g/mol. The second kappa shape index (κ2) is 8.71. The molecule has 1 aromatic carbocycles. The number of nitrogens with zero attached hydrogens (tertiary/aromatic N) is 4. The van der Waals surface area contributed by atoms with Crippen molar-refractivity contribution in [3.05, 3.63) is 58.6 Å². The predicted molar refractivity (Wildman–Crippen MR) is 110 cm³/mol. The number of hydrogen-bond donors (Lipinski definition) is 3. The van der Waals surface area contributed by atoms with Crippen molar-refractivity contribution in [2.24, 2.45) is 0 Å². The van der Waals surface area contributed by atoms with Crippen LogP contribution >= 0.6 is 11.6 Å². The number of aromatic nitrogens is 4. The zero-order valence-corrected chi connectivity index (χ0v) is 16.7. The Bertz CT molecular complexity index is 986. The highest BCUT2D eigenvalue weighted by atomic mass is 35.5. The fourth-order valence-electron chi connectivity index (χ4n) is 2.71. The molecule has 2 heterocycles. The van der Waals surface area contributed by atoms with Crippen molar-refractivity contribution in [1.29, 1.82) is 0 Å². The molecule has 2 aromatic heterocycles. The maximum absolute atomic E-state index is 12.0. The highest BCUT2D eigenvalue weighted by Gasteiger charge is 2.09. The number of halogens is 1. The Kier molecular flexibility index (Phi) is 6.10. The molecule has 0 saturated heterocycles. The number of benzene rings is 1. The molecule has 3 N–H and O–H groups in total. The van der Waals surface area contributed by atoms with E-state index < -0.39 is 0 Å². The average Bonchev–Trinajstić information content (AvgIpc) is 2.98. The largest absolute Gasteiger partial charge is 0.368 e. The molecular formula is C19H22ClN7O. The fourth-order valence-corrected chi connectivity index (χ4v) is 2.89. The molecule has 9 heteroatoms. The van der Waals surface area contributed by atoms with Crippen molar-refractivity contribution in [1.82, 2.24) is 25.1 Å². The fraction of sp³-hybridized carbons (Fsp3) is 0.263. The van der Waals surface area contributed by atoms with Gasteiger partial charge in [0.15, 0.2) is 5.82 Å². The van der Waals surface area contributed by atoms with Crippen LogP contribution in [-0.2, 0) is 0 Å². The average molecular weight is 400 g/mol. The van der Waals surface area contributed by atoms with Crippen molar-refractivity contribution in [2.75, 3.05) is 23.7 Å². The van der Waals surface area contributed by atoms with Crippen LogP contribution in [0.15, 0.2) is 36.4 Å². The molecule has 28 heavy (non-hydrogen) atoms. The van der Waals surface area contributed by atoms with Gasteiger partial charge in [-0.1, -0.05) is 23.7 Å². The number of para-hydroxylation sites is 1. The van der Waals surface area contributed by atoms with Crippen molar-refractivity contribution >= 4 is 29.1 Å². The molecule has 8 nitrogen and oxygen atoms in total. The van der Waals surface area contributed by atoms with E-state index in [2.05, 4.69) is 31.0 Å². The van der Waals surface area contributed by atoms with Crippen LogP contribution in [0.5, 0.6) is 0 Å². The zero-order valence-electron chi connectivity index (χ0n) is 16.0. The Hall–Kier alpha value is -3.13. The number of carbonyl (C=O) groups excluding carboxylic acids is 1. The molecule has 0 aliphatic heterocycles. The molecule has 0 saturated carbocycles. The number of urea groups is 1. The van der Waals surface area contributed by atoms with Crippen molar-refractivity contribution in [3.8, 4) is 5.82 Å². The van der Waals surface area contributed by atoms with Gasteiger partial charge in [-0.3, -0.25) is 0 Å². The van der Waals surface area contributed by atoms with Gasteiger partial charge in [0.05, 0.1) is 16.4 Å². The summed E-state index contributed by atoms with van der Waals surface area (Å²) in [6.45, 7) is 6.66. The van der Waals surface area contributed by atoms with E-state index in [9.17, 15) is 4.79 Å². The van der Waals surface area contributed by atoms with Gasteiger partial charge in [-0.15, -0.1) is 0 Å². The second-order valence-electron chi connectivity index (χ2n) is 6.29. The van der Waals surface area contributed by atoms with Gasteiger partial charge in [0.25, 0.3) is 0 Å². The third kappa shape index (κ3) is 4.98. The first-order valence-corrected chi connectivity index (χ1v) is 9.23. The minimum atomic E-state index is -0.322. The zero-order chi connectivity index (χ0) is 20.1. The SMILES string of the molecule is Cc1cc(C)n(-c2cc(NCCNC(=O)Nc3ccccc3Cl)nc(C)n2)n1. The first-order chi connectivity index (χ1) is 13.4. The summed E-state index contributed by atoms with van der Waals surface area (Å²) in [5, 5.41) is 13.6. The Morgan fingerprint density at radius 1 is 1.11 bits per heavy atom. The summed E-state index contributed by atoms with van der Waals surface area (Å²) in [6, 6.07) is 10.6. The third-order valence-corrected chi connectivity index (χ3v) is 4.22. The molecule has 0 spiro atoms. The van der Waals surface area contributed by atoms with Crippen LogP contribution in [0.25, 0.3) is 5.82 Å². The Morgan fingerprint density at radius 2 is 1.89 bits per heavy atom. The van der Waals surface area contributed by atoms with Crippen LogP contribution in [0.2, 0.25) is 5.02 Å². The van der Waals surface area contributed by atoms with Crippen molar-refractivity contribution in [2.45, 2.75) is 20.8 Å². The van der Waals surface area contributed by atoms with Crippen LogP contribution < -0.4 is 16.0 Å². The maximum Gasteiger partial charge on any atom is 0.319 e. The van der Waals surface area contributed by atoms with E-state index in [1.807, 2.05) is 32.9 Å². The lowest BCUT2D eigenvalue weighted by Gasteiger charge is -2.11. The standard InChI is InChI=1S/C19H22ClN7O/c1-12-10-13(2)27(26-12)18-11-17(23-14(3)24-18)21-8-9-22-19(28)25-16-7-5-4-6-15(16)20/h4-7,10-11H,8-9H2,1-3H3,(H,21,23,24)(H2,22,25,28). The molecule has 0 bridgehead atoms. The van der Waals surface area contributed by atoms with E-state index in [0.717, 1.165) is 11.4 Å². The summed E-state index contributed by atoms with van der Waals surface area (Å²) < 4.78 is 1.78. The molecule has 0 radical (unpaired) electrons. The van der Waals surface area contributed by atoms with Crippen LogP contribution in [-0.4, -0.2) is 38.9 Å². The molecule has 3 aromatic rings. The summed E-state index contributed by atoms with van der Waals surface area (Å²) in [5.74, 6) is 2.00. The van der Waals surface area contributed by atoms with E-state index in [1.54, 1.807) is 28.9 Å². The lowest BCUT2D eigenvalue weighted by atomic mass is 10.3. The van der Waals surface area contributed by atoms with E-state index in [0.29, 0.717) is 41.3 Å². The minimum absolute atomic E-state index is 0.322. The first-order valence-electron chi connectivity index (χ1n) is 8.85. The first kappa shape index (κ1) is 19.6. The van der Waals surface area contributed by atoms with Crippen LogP contribution in [0.3, 0.4) is 0 Å². The van der Waals surface area contributed by atoms with E-state index >= 15 is 0 Å². The number of amides is 2. The summed E-state index contributed by atoms with van der Waals surface area (Å²) in [5.41, 5.74) is 2.49. The number of nitrogens with one attached hydrogen (secondary N) is 3. The summed E-state index contributed by atoms with van der Waals surface area (Å²) in [6.07, 6.45) is 0. The highest BCUT2D eigenvalue weighted by molar-refractivity contribution is 6.33. The molecule has 0 atom stereocenters. The van der Waals surface area contributed by atoms with Gasteiger partial charge in [0.2, 0.25) is 0 Å². The van der Waals surface area contributed by atoms with Gasteiger partial charge in [0.1, 0.15) is 11.6 Å².